The number of aliphatic carboxylic acids is 1. The van der Waals surface area contributed by atoms with E-state index in [9.17, 15) is 22.8 Å². The van der Waals surface area contributed by atoms with Gasteiger partial charge in [0, 0.05) is 19.0 Å². The normalized spacial score (nSPS) is 27.1. The van der Waals surface area contributed by atoms with Crippen molar-refractivity contribution in [2.75, 3.05) is 24.6 Å². The van der Waals surface area contributed by atoms with Crippen LogP contribution < -0.4 is 10.6 Å². The van der Waals surface area contributed by atoms with Gasteiger partial charge in [0.15, 0.2) is 9.84 Å². The van der Waals surface area contributed by atoms with E-state index >= 15 is 0 Å². The highest BCUT2D eigenvalue weighted by Gasteiger charge is 2.36. The fourth-order valence-electron chi connectivity index (χ4n) is 2.50. The Bertz CT molecular complexity index is 560. The van der Waals surface area contributed by atoms with Gasteiger partial charge in [0.05, 0.1) is 17.5 Å². The van der Waals surface area contributed by atoms with Crippen molar-refractivity contribution in [3.63, 3.8) is 0 Å². The van der Waals surface area contributed by atoms with E-state index in [-0.39, 0.29) is 36.8 Å². The van der Waals surface area contributed by atoms with E-state index in [1.54, 1.807) is 0 Å². The number of nitrogens with zero attached hydrogens (tertiary/aromatic N) is 1. The Balaban J connectivity index is 2.03. The molecular weight excluding hydrogens is 302 g/mol. The molecule has 0 saturated carbocycles. The Morgan fingerprint density at radius 1 is 1.43 bits per heavy atom. The first-order chi connectivity index (χ1) is 9.77. The number of nitrogens with one attached hydrogen (secondary N) is 2. The fraction of sp³-hybridized carbons (Fsp3) is 0.727. The van der Waals surface area contributed by atoms with Crippen molar-refractivity contribution in [2.45, 2.75) is 24.9 Å². The summed E-state index contributed by atoms with van der Waals surface area (Å²) in [6.45, 7) is -0.283. The molecular formula is C11H17N3O6S. The monoisotopic (exact) mass is 319 g/mol. The first-order valence-electron chi connectivity index (χ1n) is 6.53. The molecule has 0 aliphatic carbocycles. The van der Waals surface area contributed by atoms with E-state index in [0.717, 1.165) is 4.90 Å². The quantitative estimate of drug-likeness (QED) is 0.557. The van der Waals surface area contributed by atoms with Crippen molar-refractivity contribution in [1.82, 2.24) is 15.5 Å². The van der Waals surface area contributed by atoms with Gasteiger partial charge < -0.3 is 20.6 Å². The van der Waals surface area contributed by atoms with E-state index in [4.69, 9.17) is 5.11 Å². The summed E-state index contributed by atoms with van der Waals surface area (Å²) in [5.74, 6) is -1.68. The van der Waals surface area contributed by atoms with Crippen molar-refractivity contribution in [1.29, 1.82) is 0 Å². The topological polar surface area (TPSA) is 133 Å². The lowest BCUT2D eigenvalue weighted by Crippen LogP contribution is -2.52. The number of carbonyl (C=O) groups excluding carboxylic acids is 2. The third kappa shape index (κ3) is 4.06. The summed E-state index contributed by atoms with van der Waals surface area (Å²) in [5.41, 5.74) is 0. The van der Waals surface area contributed by atoms with E-state index < -0.39 is 40.5 Å². The van der Waals surface area contributed by atoms with Gasteiger partial charge >= 0.3 is 12.0 Å². The maximum atomic E-state index is 12.2. The number of amides is 3. The molecule has 2 saturated heterocycles. The zero-order valence-electron chi connectivity index (χ0n) is 11.2. The molecule has 3 N–H and O–H groups in total. The van der Waals surface area contributed by atoms with Crippen LogP contribution in [0.5, 0.6) is 0 Å². The lowest BCUT2D eigenvalue weighted by Gasteiger charge is -2.28. The Morgan fingerprint density at radius 3 is 2.62 bits per heavy atom. The smallest absolute Gasteiger partial charge is 0.323 e. The highest BCUT2D eigenvalue weighted by Crippen LogP contribution is 2.18. The van der Waals surface area contributed by atoms with Gasteiger partial charge in [-0.2, -0.15) is 0 Å². The van der Waals surface area contributed by atoms with Gasteiger partial charge in [-0.15, -0.1) is 0 Å². The number of carbonyl (C=O) groups is 3. The minimum absolute atomic E-state index is 0.0511. The summed E-state index contributed by atoms with van der Waals surface area (Å²) in [6.07, 6.45) is 0.362. The molecule has 9 nitrogen and oxygen atoms in total. The Kier molecular flexibility index (Phi) is 4.35. The van der Waals surface area contributed by atoms with Gasteiger partial charge in [0.1, 0.15) is 6.54 Å². The summed E-state index contributed by atoms with van der Waals surface area (Å²) in [6, 6.07) is -1.70. The first kappa shape index (κ1) is 15.5. The molecule has 0 aromatic rings. The molecule has 2 atom stereocenters. The molecule has 2 rings (SSSR count). The molecule has 0 aromatic heterocycles. The van der Waals surface area contributed by atoms with Gasteiger partial charge in [0.2, 0.25) is 5.91 Å². The van der Waals surface area contributed by atoms with Crippen LogP contribution in [0, 0.1) is 0 Å². The number of rotatable bonds is 4. The van der Waals surface area contributed by atoms with Crippen molar-refractivity contribution < 1.29 is 27.9 Å². The summed E-state index contributed by atoms with van der Waals surface area (Å²) >= 11 is 0. The second kappa shape index (κ2) is 5.88. The molecule has 2 aliphatic heterocycles. The average molecular weight is 319 g/mol. The number of sulfone groups is 1. The van der Waals surface area contributed by atoms with Gasteiger partial charge in [-0.05, 0) is 6.42 Å². The first-order valence-corrected chi connectivity index (χ1v) is 8.35. The second-order valence-electron chi connectivity index (χ2n) is 5.23. The van der Waals surface area contributed by atoms with Crippen LogP contribution in [0.25, 0.3) is 0 Å². The Labute approximate surface area is 121 Å². The predicted octanol–water partition coefficient (Wildman–Crippen LogP) is -1.84. The van der Waals surface area contributed by atoms with Crippen molar-refractivity contribution in [3.05, 3.63) is 0 Å². The number of hydrogen-bond donors (Lipinski definition) is 3. The van der Waals surface area contributed by atoms with Crippen LogP contribution in [-0.4, -0.2) is 73.0 Å². The SMILES string of the molecule is O=C(O)CN(C(=O)NC1CNC(=O)C1)C1CCS(=O)(=O)C1. The second-order valence-corrected chi connectivity index (χ2v) is 7.46. The molecule has 2 fully saturated rings. The Morgan fingerprint density at radius 2 is 2.14 bits per heavy atom. The molecule has 0 spiro atoms. The zero-order chi connectivity index (χ0) is 15.6. The van der Waals surface area contributed by atoms with Crippen LogP contribution in [-0.2, 0) is 19.4 Å². The summed E-state index contributed by atoms with van der Waals surface area (Å²) in [4.78, 5) is 35.1. The molecule has 21 heavy (non-hydrogen) atoms. The van der Waals surface area contributed by atoms with E-state index in [1.807, 2.05) is 0 Å². The van der Waals surface area contributed by atoms with Crippen LogP contribution >= 0.6 is 0 Å². The number of carboxylic acids is 1. The van der Waals surface area contributed by atoms with Crippen molar-refractivity contribution in [3.8, 4) is 0 Å². The molecule has 10 heteroatoms. The van der Waals surface area contributed by atoms with Gasteiger partial charge in [-0.25, -0.2) is 13.2 Å². The average Bonchev–Trinajstić information content (AvgIpc) is 2.92. The van der Waals surface area contributed by atoms with Crippen LogP contribution in [0.1, 0.15) is 12.8 Å². The molecule has 0 radical (unpaired) electrons. The van der Waals surface area contributed by atoms with Gasteiger partial charge in [-0.1, -0.05) is 0 Å². The minimum Gasteiger partial charge on any atom is -0.480 e. The summed E-state index contributed by atoms with van der Waals surface area (Å²) in [5, 5.41) is 14.0. The molecule has 0 bridgehead atoms. The zero-order valence-corrected chi connectivity index (χ0v) is 12.1. The van der Waals surface area contributed by atoms with Crippen LogP contribution in [0.15, 0.2) is 0 Å². The van der Waals surface area contributed by atoms with Crippen LogP contribution in [0.3, 0.4) is 0 Å². The molecule has 2 unspecified atom stereocenters. The van der Waals surface area contributed by atoms with Gasteiger partial charge in [-0.3, -0.25) is 9.59 Å². The summed E-state index contributed by atoms with van der Waals surface area (Å²) < 4.78 is 23.0. The predicted molar refractivity (Wildman–Crippen MR) is 71.3 cm³/mol. The number of urea groups is 1. The maximum Gasteiger partial charge on any atom is 0.323 e. The van der Waals surface area contributed by atoms with Crippen LogP contribution in [0.2, 0.25) is 0 Å². The van der Waals surface area contributed by atoms with E-state index in [2.05, 4.69) is 10.6 Å². The Hall–Kier alpha value is -1.84. The van der Waals surface area contributed by atoms with Gasteiger partial charge in [0.25, 0.3) is 0 Å². The van der Waals surface area contributed by atoms with Crippen molar-refractivity contribution >= 4 is 27.7 Å². The maximum absolute atomic E-state index is 12.2. The van der Waals surface area contributed by atoms with Crippen LogP contribution in [0.4, 0.5) is 4.79 Å². The lowest BCUT2D eigenvalue weighted by atomic mass is 10.2. The molecule has 3 amide bonds. The number of hydrogen-bond acceptors (Lipinski definition) is 5. The van der Waals surface area contributed by atoms with Crippen molar-refractivity contribution in [2.24, 2.45) is 0 Å². The van der Waals surface area contributed by atoms with E-state index in [0.29, 0.717) is 0 Å². The standard InChI is InChI=1S/C11H17N3O6S/c15-9-3-7(4-12-9)13-11(18)14(5-10(16)17)8-1-2-21(19,20)6-8/h7-8H,1-6H2,(H,12,15)(H,13,18)(H,16,17). The third-order valence-corrected chi connectivity index (χ3v) is 5.27. The fourth-order valence-corrected chi connectivity index (χ4v) is 4.23. The molecule has 2 heterocycles. The summed E-state index contributed by atoms with van der Waals surface area (Å²) in [7, 11) is -3.23. The molecule has 2 aliphatic rings. The third-order valence-electron chi connectivity index (χ3n) is 3.52. The molecule has 0 aromatic carbocycles. The molecule has 118 valence electrons. The minimum atomic E-state index is -3.23. The highest BCUT2D eigenvalue weighted by molar-refractivity contribution is 7.91. The lowest BCUT2D eigenvalue weighted by molar-refractivity contribution is -0.138. The number of carboxylic acid groups (broad SMARTS) is 1. The highest BCUT2D eigenvalue weighted by atomic mass is 32.2. The van der Waals surface area contributed by atoms with E-state index in [1.165, 1.54) is 0 Å². The largest absolute Gasteiger partial charge is 0.480 e.